The second-order valence-corrected chi connectivity index (χ2v) is 7.23. The summed E-state index contributed by atoms with van der Waals surface area (Å²) in [6, 6.07) is 9.64. The molecule has 1 aliphatic carbocycles. The van der Waals surface area contributed by atoms with E-state index in [1.165, 1.54) is 24.7 Å². The van der Waals surface area contributed by atoms with Gasteiger partial charge in [-0.1, -0.05) is 10.3 Å². The number of aromatic nitrogens is 2. The van der Waals surface area contributed by atoms with Crippen LogP contribution in [0.5, 0.6) is 0 Å². The maximum Gasteiger partial charge on any atom is 0.273 e. The predicted molar refractivity (Wildman–Crippen MR) is 105 cm³/mol. The summed E-state index contributed by atoms with van der Waals surface area (Å²) >= 11 is 0. The number of nitrogens with one attached hydrogen (secondary N) is 2. The molecule has 0 spiro atoms. The zero-order chi connectivity index (χ0) is 21.2. The van der Waals surface area contributed by atoms with E-state index < -0.39 is 5.91 Å². The molecular weight excluding hydrogens is 404 g/mol. The van der Waals surface area contributed by atoms with Crippen LogP contribution in [0.15, 0.2) is 66.8 Å². The Morgan fingerprint density at radius 3 is 2.00 bits per heavy atom. The molecule has 2 amide bonds. The molecule has 0 aliphatic heterocycles. The van der Waals surface area contributed by atoms with Crippen molar-refractivity contribution in [2.45, 2.75) is 18.9 Å². The molecule has 1 aliphatic rings. The fourth-order valence-corrected chi connectivity index (χ4v) is 3.20. The van der Waals surface area contributed by atoms with E-state index in [1.807, 2.05) is 0 Å². The van der Waals surface area contributed by atoms with Crippen molar-refractivity contribution >= 4 is 11.8 Å². The highest BCUT2D eigenvalue weighted by Gasteiger charge is 2.33. The molecule has 2 N–H and O–H groups in total. The Balaban J connectivity index is 1.20. The Labute approximate surface area is 175 Å². The molecule has 1 atom stereocenters. The summed E-state index contributed by atoms with van der Waals surface area (Å²) in [6.07, 6.45) is 4.97. The zero-order valence-corrected chi connectivity index (χ0v) is 16.2. The first-order valence-electron chi connectivity index (χ1n) is 9.77. The number of amides is 2. The first-order valence-corrected chi connectivity index (χ1v) is 9.77. The second-order valence-electron chi connectivity index (χ2n) is 7.23. The summed E-state index contributed by atoms with van der Waals surface area (Å²) < 4.78 is 20.8. The molecule has 0 aromatic carbocycles. The fraction of sp³-hybridized carbons (Fsp3) is 0.238. The van der Waals surface area contributed by atoms with E-state index in [9.17, 15) is 9.59 Å². The molecule has 4 heterocycles. The largest absolute Gasteiger partial charge is 0.461 e. The summed E-state index contributed by atoms with van der Waals surface area (Å²) in [7, 11) is 0. The maximum atomic E-state index is 12.6. The van der Waals surface area contributed by atoms with Crippen molar-refractivity contribution in [3.05, 3.63) is 60.3 Å². The molecular formula is C21H18N4O6. The summed E-state index contributed by atoms with van der Waals surface area (Å²) in [4.78, 5) is 25.1. The highest BCUT2D eigenvalue weighted by Crippen LogP contribution is 2.32. The molecule has 4 aromatic heterocycles. The van der Waals surface area contributed by atoms with Gasteiger partial charge in [0, 0.05) is 24.7 Å². The van der Waals surface area contributed by atoms with Gasteiger partial charge in [-0.2, -0.15) is 0 Å². The lowest BCUT2D eigenvalue weighted by atomic mass is 10.1. The molecule has 158 valence electrons. The molecule has 10 nitrogen and oxygen atoms in total. The van der Waals surface area contributed by atoms with Gasteiger partial charge in [-0.25, -0.2) is 0 Å². The lowest BCUT2D eigenvalue weighted by Crippen LogP contribution is -2.45. The molecule has 5 rings (SSSR count). The lowest BCUT2D eigenvalue weighted by Gasteiger charge is -2.17. The smallest absolute Gasteiger partial charge is 0.273 e. The van der Waals surface area contributed by atoms with Crippen LogP contribution in [0, 0.1) is 5.92 Å². The second kappa shape index (κ2) is 7.98. The molecule has 0 radical (unpaired) electrons. The van der Waals surface area contributed by atoms with Crippen LogP contribution in [0.3, 0.4) is 0 Å². The third-order valence-corrected chi connectivity index (χ3v) is 5.00. The van der Waals surface area contributed by atoms with Crippen LogP contribution < -0.4 is 10.6 Å². The van der Waals surface area contributed by atoms with Crippen LogP contribution in [0.4, 0.5) is 0 Å². The van der Waals surface area contributed by atoms with E-state index in [0.717, 1.165) is 12.8 Å². The van der Waals surface area contributed by atoms with Crippen LogP contribution >= 0.6 is 0 Å². The average molecular weight is 422 g/mol. The average Bonchev–Trinajstić information content (AvgIpc) is 3.32. The normalized spacial score (nSPS) is 14.3. The minimum atomic E-state index is -0.400. The van der Waals surface area contributed by atoms with Crippen molar-refractivity contribution < 1.29 is 27.5 Å². The highest BCUT2D eigenvalue weighted by atomic mass is 16.5. The Morgan fingerprint density at radius 1 is 0.903 bits per heavy atom. The third-order valence-electron chi connectivity index (χ3n) is 5.00. The van der Waals surface area contributed by atoms with Gasteiger partial charge in [0.05, 0.1) is 12.5 Å². The van der Waals surface area contributed by atoms with E-state index >= 15 is 0 Å². The topological polar surface area (TPSA) is 137 Å². The van der Waals surface area contributed by atoms with Crippen LogP contribution in [0.1, 0.15) is 33.8 Å². The summed E-state index contributed by atoms with van der Waals surface area (Å²) in [5.41, 5.74) is 0.273. The first-order chi connectivity index (χ1) is 15.2. The molecule has 1 unspecified atom stereocenters. The number of furan rings is 2. The van der Waals surface area contributed by atoms with E-state index in [-0.39, 0.29) is 35.8 Å². The van der Waals surface area contributed by atoms with Gasteiger partial charge in [-0.3, -0.25) is 9.59 Å². The van der Waals surface area contributed by atoms with Crippen LogP contribution in [0.25, 0.3) is 23.0 Å². The summed E-state index contributed by atoms with van der Waals surface area (Å²) in [5, 5.41) is 13.3. The van der Waals surface area contributed by atoms with Crippen molar-refractivity contribution in [1.82, 2.24) is 20.9 Å². The van der Waals surface area contributed by atoms with Crippen LogP contribution in [0.2, 0.25) is 0 Å². The van der Waals surface area contributed by atoms with Crippen LogP contribution in [-0.2, 0) is 0 Å². The van der Waals surface area contributed by atoms with Gasteiger partial charge in [-0.05, 0) is 43.0 Å². The van der Waals surface area contributed by atoms with Gasteiger partial charge in [0.1, 0.15) is 0 Å². The molecule has 31 heavy (non-hydrogen) atoms. The number of carbonyl (C=O) groups excluding carboxylic acids is 2. The van der Waals surface area contributed by atoms with Crippen LogP contribution in [-0.4, -0.2) is 34.7 Å². The minimum Gasteiger partial charge on any atom is -0.461 e. The zero-order valence-electron chi connectivity index (χ0n) is 16.2. The molecule has 0 saturated heterocycles. The van der Waals surface area contributed by atoms with Gasteiger partial charge in [0.2, 0.25) is 11.5 Å². The first kappa shape index (κ1) is 18.9. The Morgan fingerprint density at radius 2 is 1.48 bits per heavy atom. The summed E-state index contributed by atoms with van der Waals surface area (Å²) in [5.74, 6) is 1.20. The number of carbonyl (C=O) groups is 2. The number of nitrogens with zero attached hydrogens (tertiary/aromatic N) is 2. The Kier molecular flexibility index (Phi) is 4.87. The SMILES string of the molecule is O=C(NCC(NC(=O)c1cc(-c2ccco2)on1)C1CC1)c1cc(-c2ccco2)on1. The Bertz CT molecular complexity index is 1170. The lowest BCUT2D eigenvalue weighted by molar-refractivity contribution is 0.0894. The van der Waals surface area contributed by atoms with Gasteiger partial charge in [-0.15, -0.1) is 0 Å². The molecule has 10 heteroatoms. The van der Waals surface area contributed by atoms with Crippen molar-refractivity contribution in [2.24, 2.45) is 5.92 Å². The molecule has 1 fully saturated rings. The third kappa shape index (κ3) is 4.13. The number of rotatable bonds is 8. The molecule has 1 saturated carbocycles. The fourth-order valence-electron chi connectivity index (χ4n) is 3.20. The van der Waals surface area contributed by atoms with Gasteiger partial charge >= 0.3 is 0 Å². The maximum absolute atomic E-state index is 12.6. The van der Waals surface area contributed by atoms with Crippen molar-refractivity contribution in [2.75, 3.05) is 6.54 Å². The number of hydrogen-bond donors (Lipinski definition) is 2. The number of hydrogen-bond acceptors (Lipinski definition) is 8. The predicted octanol–water partition coefficient (Wildman–Crippen LogP) is 3.12. The minimum absolute atomic E-state index is 0.131. The molecule has 4 aromatic rings. The Hall–Kier alpha value is -4.08. The van der Waals surface area contributed by atoms with E-state index in [4.69, 9.17) is 17.9 Å². The van der Waals surface area contributed by atoms with Crippen molar-refractivity contribution in [3.8, 4) is 23.0 Å². The van der Waals surface area contributed by atoms with Crippen molar-refractivity contribution in [1.29, 1.82) is 0 Å². The summed E-state index contributed by atoms with van der Waals surface area (Å²) in [6.45, 7) is 0.251. The quantitative estimate of drug-likeness (QED) is 0.442. The monoisotopic (exact) mass is 422 g/mol. The van der Waals surface area contributed by atoms with Gasteiger partial charge in [0.25, 0.3) is 11.8 Å². The highest BCUT2D eigenvalue weighted by molar-refractivity contribution is 5.94. The van der Waals surface area contributed by atoms with Gasteiger partial charge in [0.15, 0.2) is 22.9 Å². The molecule has 0 bridgehead atoms. The standard InChI is InChI=1S/C21H18N4O6/c26-20(13-9-18(30-24-13)16-3-1-7-28-16)22-11-15(12-5-6-12)23-21(27)14-10-19(31-25-14)17-4-2-8-29-17/h1-4,7-10,12,15H,5-6,11H2,(H,22,26)(H,23,27). The van der Waals surface area contributed by atoms with Gasteiger partial charge < -0.3 is 28.5 Å². The van der Waals surface area contributed by atoms with Crippen molar-refractivity contribution in [3.63, 3.8) is 0 Å². The van der Waals surface area contributed by atoms with E-state index in [2.05, 4.69) is 20.9 Å². The van der Waals surface area contributed by atoms with E-state index in [0.29, 0.717) is 23.0 Å². The van der Waals surface area contributed by atoms with E-state index in [1.54, 1.807) is 24.3 Å².